The van der Waals surface area contributed by atoms with E-state index < -0.39 is 0 Å². The van der Waals surface area contributed by atoms with Crippen LogP contribution in [0.5, 0.6) is 11.5 Å². The van der Waals surface area contributed by atoms with Crippen molar-refractivity contribution in [2.75, 3.05) is 6.61 Å². The highest BCUT2D eigenvalue weighted by atomic mass is 79.9. The van der Waals surface area contributed by atoms with Crippen LogP contribution in [0.2, 0.25) is 0 Å². The summed E-state index contributed by atoms with van der Waals surface area (Å²) in [7, 11) is 0. The molecule has 2 aromatic carbocycles. The van der Waals surface area contributed by atoms with Crippen molar-refractivity contribution < 1.29 is 14.3 Å². The molecule has 0 N–H and O–H groups in total. The second-order valence-corrected chi connectivity index (χ2v) is 5.33. The van der Waals surface area contributed by atoms with Crippen LogP contribution in [0, 0.1) is 11.3 Å². The molecule has 0 heterocycles. The van der Waals surface area contributed by atoms with Crippen LogP contribution in [0.1, 0.15) is 28.4 Å². The molecule has 2 rings (SSSR count). The molecule has 0 aliphatic carbocycles. The SMILES string of the molecule is CCOc1cc(C=O)cc(Br)c1OCc1ccc(C#N)cc1. The van der Waals surface area contributed by atoms with Gasteiger partial charge in [-0.15, -0.1) is 0 Å². The highest BCUT2D eigenvalue weighted by molar-refractivity contribution is 9.10. The van der Waals surface area contributed by atoms with E-state index in [4.69, 9.17) is 14.7 Å². The van der Waals surface area contributed by atoms with Gasteiger partial charge in [-0.3, -0.25) is 4.79 Å². The molecule has 5 heteroatoms. The van der Waals surface area contributed by atoms with Crippen LogP contribution in [0.15, 0.2) is 40.9 Å². The Morgan fingerprint density at radius 2 is 1.95 bits per heavy atom. The van der Waals surface area contributed by atoms with E-state index in [9.17, 15) is 4.79 Å². The van der Waals surface area contributed by atoms with E-state index in [0.29, 0.717) is 40.3 Å². The molecule has 0 saturated heterocycles. The molecule has 0 atom stereocenters. The first-order chi connectivity index (χ1) is 10.7. The summed E-state index contributed by atoms with van der Waals surface area (Å²) in [6.07, 6.45) is 0.762. The van der Waals surface area contributed by atoms with Gasteiger partial charge in [0.2, 0.25) is 0 Å². The number of aldehydes is 1. The Hall–Kier alpha value is -2.32. The molecule has 0 aromatic heterocycles. The van der Waals surface area contributed by atoms with Gasteiger partial charge < -0.3 is 9.47 Å². The monoisotopic (exact) mass is 359 g/mol. The highest BCUT2D eigenvalue weighted by Crippen LogP contribution is 2.37. The zero-order valence-corrected chi connectivity index (χ0v) is 13.6. The maximum atomic E-state index is 10.9. The first-order valence-electron chi connectivity index (χ1n) is 6.71. The van der Waals surface area contributed by atoms with Gasteiger partial charge in [0.25, 0.3) is 0 Å². The third-order valence-electron chi connectivity index (χ3n) is 2.93. The number of benzene rings is 2. The van der Waals surface area contributed by atoms with E-state index in [0.717, 1.165) is 11.8 Å². The Kier molecular flexibility index (Phi) is 5.56. The fourth-order valence-electron chi connectivity index (χ4n) is 1.89. The zero-order chi connectivity index (χ0) is 15.9. The summed E-state index contributed by atoms with van der Waals surface area (Å²) in [4.78, 5) is 10.9. The molecule has 2 aromatic rings. The van der Waals surface area contributed by atoms with Gasteiger partial charge in [-0.05, 0) is 52.7 Å². The van der Waals surface area contributed by atoms with E-state index in [-0.39, 0.29) is 0 Å². The van der Waals surface area contributed by atoms with Crippen molar-refractivity contribution in [3.8, 4) is 17.6 Å². The van der Waals surface area contributed by atoms with Gasteiger partial charge >= 0.3 is 0 Å². The smallest absolute Gasteiger partial charge is 0.175 e. The number of carbonyl (C=O) groups excluding carboxylic acids is 1. The van der Waals surface area contributed by atoms with Crippen molar-refractivity contribution in [3.05, 3.63) is 57.6 Å². The Morgan fingerprint density at radius 1 is 1.23 bits per heavy atom. The van der Waals surface area contributed by atoms with E-state index >= 15 is 0 Å². The van der Waals surface area contributed by atoms with Gasteiger partial charge in [0.05, 0.1) is 22.7 Å². The molecule has 0 bridgehead atoms. The van der Waals surface area contributed by atoms with Gasteiger partial charge in [-0.1, -0.05) is 12.1 Å². The Bertz CT molecular complexity index is 705. The number of carbonyl (C=O) groups is 1. The third kappa shape index (κ3) is 3.86. The number of hydrogen-bond donors (Lipinski definition) is 0. The molecular formula is C17H14BrNO3. The number of nitrogens with zero attached hydrogens (tertiary/aromatic N) is 1. The molecule has 0 saturated carbocycles. The highest BCUT2D eigenvalue weighted by Gasteiger charge is 2.12. The van der Waals surface area contributed by atoms with E-state index in [1.807, 2.05) is 19.1 Å². The molecule has 0 fully saturated rings. The molecular weight excluding hydrogens is 346 g/mol. The lowest BCUT2D eigenvalue weighted by molar-refractivity contribution is 0.112. The maximum Gasteiger partial charge on any atom is 0.175 e. The van der Waals surface area contributed by atoms with Crippen LogP contribution in [-0.2, 0) is 6.61 Å². The van der Waals surface area contributed by atoms with E-state index in [2.05, 4.69) is 22.0 Å². The van der Waals surface area contributed by atoms with Gasteiger partial charge in [0.1, 0.15) is 12.9 Å². The standard InChI is InChI=1S/C17H14BrNO3/c1-2-21-16-8-14(10-20)7-15(18)17(16)22-11-13-5-3-12(9-19)4-6-13/h3-8,10H,2,11H2,1H3. The summed E-state index contributed by atoms with van der Waals surface area (Å²) in [6, 6.07) is 12.6. The lowest BCUT2D eigenvalue weighted by atomic mass is 10.1. The predicted molar refractivity (Wildman–Crippen MR) is 86.2 cm³/mol. The predicted octanol–water partition coefficient (Wildman–Crippen LogP) is 4.11. The molecule has 22 heavy (non-hydrogen) atoms. The Morgan fingerprint density at radius 3 is 2.55 bits per heavy atom. The van der Waals surface area contributed by atoms with Gasteiger partial charge in [-0.25, -0.2) is 0 Å². The number of rotatable bonds is 6. The van der Waals surface area contributed by atoms with Crippen molar-refractivity contribution in [3.63, 3.8) is 0 Å². The lowest BCUT2D eigenvalue weighted by Gasteiger charge is -2.14. The number of nitriles is 1. The summed E-state index contributed by atoms with van der Waals surface area (Å²) in [6.45, 7) is 2.68. The second-order valence-electron chi connectivity index (χ2n) is 4.48. The van der Waals surface area contributed by atoms with E-state index in [1.165, 1.54) is 0 Å². The normalized spacial score (nSPS) is 9.86. The second kappa shape index (κ2) is 7.62. The molecule has 112 valence electrons. The summed E-state index contributed by atoms with van der Waals surface area (Å²) in [5.74, 6) is 1.07. The minimum atomic E-state index is 0.338. The summed E-state index contributed by atoms with van der Waals surface area (Å²) < 4.78 is 12.0. The van der Waals surface area contributed by atoms with Gasteiger partial charge in [0, 0.05) is 5.56 Å². The molecule has 0 aliphatic heterocycles. The number of halogens is 1. The average molecular weight is 360 g/mol. The first-order valence-corrected chi connectivity index (χ1v) is 7.50. The first kappa shape index (κ1) is 16.1. The van der Waals surface area contributed by atoms with Crippen LogP contribution in [0.25, 0.3) is 0 Å². The summed E-state index contributed by atoms with van der Waals surface area (Å²) in [5.41, 5.74) is 2.06. The van der Waals surface area contributed by atoms with Gasteiger partial charge in [-0.2, -0.15) is 5.26 Å². The molecule has 0 spiro atoms. The molecule has 4 nitrogen and oxygen atoms in total. The largest absolute Gasteiger partial charge is 0.490 e. The van der Waals surface area contributed by atoms with E-state index in [1.54, 1.807) is 24.3 Å². The summed E-state index contributed by atoms with van der Waals surface area (Å²) in [5, 5.41) is 8.79. The Balaban J connectivity index is 2.20. The molecule has 0 unspecified atom stereocenters. The Labute approximate surface area is 137 Å². The van der Waals surface area contributed by atoms with Crippen LogP contribution >= 0.6 is 15.9 Å². The lowest BCUT2D eigenvalue weighted by Crippen LogP contribution is -2.01. The van der Waals surface area contributed by atoms with Gasteiger partial charge in [0.15, 0.2) is 11.5 Å². The minimum Gasteiger partial charge on any atom is -0.490 e. The fourth-order valence-corrected chi connectivity index (χ4v) is 2.46. The quantitative estimate of drug-likeness (QED) is 0.728. The minimum absolute atomic E-state index is 0.338. The zero-order valence-electron chi connectivity index (χ0n) is 12.0. The number of hydrogen-bond acceptors (Lipinski definition) is 4. The molecule has 0 radical (unpaired) electrons. The molecule has 0 aliphatic rings. The number of ether oxygens (including phenoxy) is 2. The third-order valence-corrected chi connectivity index (χ3v) is 3.52. The maximum absolute atomic E-state index is 10.9. The van der Waals surface area contributed by atoms with Crippen LogP contribution in [0.3, 0.4) is 0 Å². The fraction of sp³-hybridized carbons (Fsp3) is 0.176. The van der Waals surface area contributed by atoms with Crippen molar-refractivity contribution >= 4 is 22.2 Å². The topological polar surface area (TPSA) is 59.3 Å². The van der Waals surface area contributed by atoms with Crippen LogP contribution < -0.4 is 9.47 Å². The van der Waals surface area contributed by atoms with Crippen molar-refractivity contribution in [1.82, 2.24) is 0 Å². The van der Waals surface area contributed by atoms with Crippen molar-refractivity contribution in [1.29, 1.82) is 5.26 Å². The van der Waals surface area contributed by atoms with Crippen molar-refractivity contribution in [2.45, 2.75) is 13.5 Å². The molecule has 0 amide bonds. The average Bonchev–Trinajstić information content (AvgIpc) is 2.54. The van der Waals surface area contributed by atoms with Crippen LogP contribution in [-0.4, -0.2) is 12.9 Å². The van der Waals surface area contributed by atoms with Crippen LogP contribution in [0.4, 0.5) is 0 Å². The van der Waals surface area contributed by atoms with Crippen molar-refractivity contribution in [2.24, 2.45) is 0 Å². The summed E-state index contributed by atoms with van der Waals surface area (Å²) >= 11 is 3.40.